The summed E-state index contributed by atoms with van der Waals surface area (Å²) < 4.78 is 50.9. The van der Waals surface area contributed by atoms with Gasteiger partial charge in [0.2, 0.25) is 0 Å². The molecule has 212 valence electrons. The number of anilines is 1. The Kier molecular flexibility index (Phi) is 9.60. The number of hydrogen-bond acceptors (Lipinski definition) is 5. The van der Waals surface area contributed by atoms with Crippen molar-refractivity contribution < 1.29 is 27.5 Å². The van der Waals surface area contributed by atoms with E-state index < -0.39 is 24.2 Å². The third kappa shape index (κ3) is 6.71. The molecule has 1 aromatic heterocycles. The second-order valence-electron chi connectivity index (χ2n) is 9.49. The first kappa shape index (κ1) is 29.7. The number of halogens is 4. The Bertz CT molecular complexity index is 1380. The maximum Gasteiger partial charge on any atom is 0.352 e. The highest BCUT2D eigenvalue weighted by Gasteiger charge is 2.48. The summed E-state index contributed by atoms with van der Waals surface area (Å²) in [4.78, 5) is 24.7. The van der Waals surface area contributed by atoms with Gasteiger partial charge in [-0.3, -0.25) is 14.4 Å². The zero-order valence-electron chi connectivity index (χ0n) is 22.1. The summed E-state index contributed by atoms with van der Waals surface area (Å²) >= 11 is 3.44. The molecule has 7 nitrogen and oxygen atoms in total. The Labute approximate surface area is 239 Å². The molecule has 0 saturated carbocycles. The number of fused-ring (bicyclic) bond motifs is 1. The first-order valence-electron chi connectivity index (χ1n) is 12.8. The number of aldehydes is 1. The van der Waals surface area contributed by atoms with Gasteiger partial charge < -0.3 is 14.8 Å². The van der Waals surface area contributed by atoms with Crippen molar-refractivity contribution in [1.82, 2.24) is 14.7 Å². The van der Waals surface area contributed by atoms with Crippen LogP contribution in [0.1, 0.15) is 42.0 Å². The molecule has 4 rings (SSSR count). The van der Waals surface area contributed by atoms with E-state index in [2.05, 4.69) is 21.2 Å². The maximum atomic E-state index is 14.3. The topological polar surface area (TPSA) is 76.5 Å². The predicted molar refractivity (Wildman–Crippen MR) is 151 cm³/mol. The lowest BCUT2D eigenvalue weighted by molar-refractivity contribution is -0.139. The van der Waals surface area contributed by atoms with E-state index in [1.165, 1.54) is 18.2 Å². The SMILES string of the molecule is C/C=C(Br)\C=C/Cn1cc(C(OCC=O)N(C)CCc2ccc3c(c2)C(F)(F)C(=O)N3)c(C2=CCC(F)C=C2)n1. The van der Waals surface area contributed by atoms with Gasteiger partial charge in [-0.15, -0.1) is 0 Å². The number of ether oxygens (including phenoxy) is 1. The molecule has 2 unspecified atom stereocenters. The average molecular weight is 619 g/mol. The van der Waals surface area contributed by atoms with Crippen LogP contribution in [-0.2, 0) is 33.2 Å². The summed E-state index contributed by atoms with van der Waals surface area (Å²) in [6, 6.07) is 4.51. The summed E-state index contributed by atoms with van der Waals surface area (Å²) in [7, 11) is 1.80. The second kappa shape index (κ2) is 12.9. The van der Waals surface area contributed by atoms with Crippen LogP contribution in [0.15, 0.2) is 65.3 Å². The number of carbonyl (C=O) groups excluding carboxylic acids is 2. The predicted octanol–water partition coefficient (Wildman–Crippen LogP) is 5.85. The molecule has 0 radical (unpaired) electrons. The van der Waals surface area contributed by atoms with Gasteiger partial charge >= 0.3 is 5.92 Å². The summed E-state index contributed by atoms with van der Waals surface area (Å²) in [6.07, 6.45) is 12.0. The minimum atomic E-state index is -3.58. The smallest absolute Gasteiger partial charge is 0.351 e. The van der Waals surface area contributed by atoms with Crippen LogP contribution in [0, 0.1) is 0 Å². The molecule has 1 aliphatic heterocycles. The number of likely N-dealkylation sites (N-methyl/N-ethyl adjacent to an activating group) is 1. The van der Waals surface area contributed by atoms with Crippen LogP contribution in [0.2, 0.25) is 0 Å². The summed E-state index contributed by atoms with van der Waals surface area (Å²) in [5.41, 5.74) is 2.43. The fraction of sp³-hybridized carbons (Fsp3) is 0.345. The van der Waals surface area contributed by atoms with Crippen LogP contribution in [0.4, 0.5) is 18.9 Å². The van der Waals surface area contributed by atoms with Crippen molar-refractivity contribution in [2.24, 2.45) is 0 Å². The van der Waals surface area contributed by atoms with Crippen molar-refractivity contribution in [3.63, 3.8) is 0 Å². The van der Waals surface area contributed by atoms with Gasteiger partial charge in [0.25, 0.3) is 5.91 Å². The molecule has 1 N–H and O–H groups in total. The van der Waals surface area contributed by atoms with E-state index in [1.807, 2.05) is 36.2 Å². The molecular weight excluding hydrogens is 589 g/mol. The molecule has 1 aromatic carbocycles. The van der Waals surface area contributed by atoms with Crippen molar-refractivity contribution in [3.05, 3.63) is 87.7 Å². The minimum Gasteiger partial charge on any atom is -0.351 e. The molecule has 1 aliphatic carbocycles. The first-order chi connectivity index (χ1) is 19.1. The van der Waals surface area contributed by atoms with E-state index in [9.17, 15) is 22.8 Å². The van der Waals surface area contributed by atoms with Crippen molar-refractivity contribution >= 4 is 39.4 Å². The molecule has 0 fully saturated rings. The molecule has 40 heavy (non-hydrogen) atoms. The Morgan fingerprint density at radius 3 is 2.90 bits per heavy atom. The normalized spacial score (nSPS) is 19.2. The van der Waals surface area contributed by atoms with Gasteiger partial charge in [0.1, 0.15) is 25.3 Å². The van der Waals surface area contributed by atoms with E-state index in [4.69, 9.17) is 9.84 Å². The molecule has 2 atom stereocenters. The van der Waals surface area contributed by atoms with Gasteiger partial charge in [0.15, 0.2) is 0 Å². The largest absolute Gasteiger partial charge is 0.352 e. The van der Waals surface area contributed by atoms with Crippen molar-refractivity contribution in [1.29, 1.82) is 0 Å². The quantitative estimate of drug-likeness (QED) is 0.183. The summed E-state index contributed by atoms with van der Waals surface area (Å²) in [5.74, 6) is -4.91. The van der Waals surface area contributed by atoms with Gasteiger partial charge in [-0.05, 0) is 49.7 Å². The zero-order chi connectivity index (χ0) is 28.9. The molecular formula is C29H30BrF3N4O3. The van der Waals surface area contributed by atoms with Crippen LogP contribution < -0.4 is 5.32 Å². The van der Waals surface area contributed by atoms with Crippen LogP contribution in [0.5, 0.6) is 0 Å². The van der Waals surface area contributed by atoms with Gasteiger partial charge in [-0.25, -0.2) is 4.39 Å². The lowest BCUT2D eigenvalue weighted by Crippen LogP contribution is -2.30. The fourth-order valence-corrected chi connectivity index (χ4v) is 4.71. The minimum absolute atomic E-state index is 0.108. The van der Waals surface area contributed by atoms with E-state index in [0.717, 1.165) is 10.1 Å². The molecule has 0 saturated heterocycles. The number of nitrogens with one attached hydrogen (secondary N) is 1. The van der Waals surface area contributed by atoms with Gasteiger partial charge in [0.05, 0.1) is 23.5 Å². The zero-order valence-corrected chi connectivity index (χ0v) is 23.7. The monoisotopic (exact) mass is 618 g/mol. The van der Waals surface area contributed by atoms with Crippen LogP contribution in [0.3, 0.4) is 0 Å². The number of amides is 1. The number of allylic oxidation sites excluding steroid dienone is 8. The Hall–Kier alpha value is -3.28. The highest BCUT2D eigenvalue weighted by atomic mass is 79.9. The van der Waals surface area contributed by atoms with Crippen LogP contribution >= 0.6 is 15.9 Å². The Morgan fingerprint density at radius 1 is 1.40 bits per heavy atom. The first-order valence-corrected chi connectivity index (χ1v) is 13.6. The van der Waals surface area contributed by atoms with Crippen molar-refractivity contribution in [2.45, 2.75) is 44.6 Å². The second-order valence-corrected chi connectivity index (χ2v) is 10.4. The standard InChI is InChI=1S/C29H30BrF3N4O3/c1-3-21(30)5-4-13-37-18-23(26(35-37)20-7-9-22(31)10-8-20)27(40-16-15-38)36(2)14-12-19-6-11-25-24(17-19)29(32,33)28(39)34-25/h3-9,11,15,17-18,22,27H,10,12-14,16H2,1-2H3,(H,34,39)/b5-4-,21-3+. The van der Waals surface area contributed by atoms with Gasteiger partial charge in [-0.1, -0.05) is 52.4 Å². The van der Waals surface area contributed by atoms with E-state index in [1.54, 1.807) is 29.9 Å². The van der Waals surface area contributed by atoms with E-state index in [0.29, 0.717) is 42.6 Å². The van der Waals surface area contributed by atoms with Crippen LogP contribution in [0.25, 0.3) is 5.57 Å². The number of carbonyl (C=O) groups is 2. The lowest BCUT2D eigenvalue weighted by atomic mass is 9.99. The van der Waals surface area contributed by atoms with E-state index >= 15 is 0 Å². The molecule has 0 bridgehead atoms. The summed E-state index contributed by atoms with van der Waals surface area (Å²) in [5, 5.41) is 6.95. The molecule has 11 heteroatoms. The average Bonchev–Trinajstić information content (AvgIpc) is 3.45. The Balaban J connectivity index is 1.60. The van der Waals surface area contributed by atoms with E-state index in [-0.39, 0.29) is 24.3 Å². The number of rotatable bonds is 12. The van der Waals surface area contributed by atoms with Crippen LogP contribution in [-0.4, -0.2) is 53.2 Å². The van der Waals surface area contributed by atoms with Crippen molar-refractivity contribution in [2.75, 3.05) is 25.5 Å². The number of alkyl halides is 3. The fourth-order valence-electron chi connectivity index (χ4n) is 4.52. The number of nitrogens with zero attached hydrogens (tertiary/aromatic N) is 3. The molecule has 2 heterocycles. The number of aromatic nitrogens is 2. The highest BCUT2D eigenvalue weighted by molar-refractivity contribution is 9.11. The third-order valence-corrected chi connectivity index (χ3v) is 7.38. The number of benzene rings is 1. The molecule has 2 aliphatic rings. The van der Waals surface area contributed by atoms with Crippen molar-refractivity contribution in [3.8, 4) is 0 Å². The third-order valence-electron chi connectivity index (χ3n) is 6.65. The van der Waals surface area contributed by atoms with Gasteiger partial charge in [-0.2, -0.15) is 13.9 Å². The summed E-state index contributed by atoms with van der Waals surface area (Å²) in [6.45, 7) is 2.58. The highest BCUT2D eigenvalue weighted by Crippen LogP contribution is 2.41. The molecule has 2 aromatic rings. The number of hydrogen-bond donors (Lipinski definition) is 1. The molecule has 1 amide bonds. The molecule has 0 spiro atoms. The van der Waals surface area contributed by atoms with Gasteiger partial charge in [0, 0.05) is 29.2 Å². The maximum absolute atomic E-state index is 14.3. The lowest BCUT2D eigenvalue weighted by Gasteiger charge is -2.28. The Morgan fingerprint density at radius 2 is 2.20 bits per heavy atom.